The Labute approximate surface area is 228 Å². The highest BCUT2D eigenvalue weighted by Gasteiger charge is 2.50. The third kappa shape index (κ3) is 6.25. The maximum atomic E-state index is 13.0. The minimum absolute atomic E-state index is 0.0858. The predicted molar refractivity (Wildman–Crippen MR) is 138 cm³/mol. The third-order valence-electron chi connectivity index (χ3n) is 7.08. The van der Waals surface area contributed by atoms with Gasteiger partial charge in [-0.05, 0) is 47.5 Å². The first-order chi connectivity index (χ1) is 19.2. The highest BCUT2D eigenvalue weighted by Crippen LogP contribution is 2.43. The van der Waals surface area contributed by atoms with E-state index in [0.29, 0.717) is 12.0 Å². The Kier molecular flexibility index (Phi) is 7.73. The largest absolute Gasteiger partial charge is 0.485 e. The van der Waals surface area contributed by atoms with E-state index in [9.17, 15) is 27.6 Å². The molecular formula is C31H25F3O6. The Morgan fingerprint density at radius 2 is 1.68 bits per heavy atom. The van der Waals surface area contributed by atoms with E-state index in [1.54, 1.807) is 18.2 Å². The van der Waals surface area contributed by atoms with Gasteiger partial charge in [0.2, 0.25) is 0 Å². The van der Waals surface area contributed by atoms with Crippen LogP contribution in [0.2, 0.25) is 0 Å². The van der Waals surface area contributed by atoms with E-state index in [0.717, 1.165) is 23.3 Å². The van der Waals surface area contributed by atoms with Crippen molar-refractivity contribution < 1.29 is 41.8 Å². The van der Waals surface area contributed by atoms with Gasteiger partial charge in [0.15, 0.2) is 12.4 Å². The van der Waals surface area contributed by atoms with Crippen LogP contribution in [0.4, 0.5) is 13.2 Å². The second-order valence-electron chi connectivity index (χ2n) is 9.74. The van der Waals surface area contributed by atoms with Crippen LogP contribution in [0, 0.1) is 11.8 Å². The summed E-state index contributed by atoms with van der Waals surface area (Å²) in [4.78, 5) is 37.3. The average Bonchev–Trinajstić information content (AvgIpc) is 3.46. The van der Waals surface area contributed by atoms with E-state index < -0.39 is 48.2 Å². The van der Waals surface area contributed by atoms with Gasteiger partial charge in [0.05, 0.1) is 17.5 Å². The fourth-order valence-corrected chi connectivity index (χ4v) is 5.11. The van der Waals surface area contributed by atoms with E-state index >= 15 is 0 Å². The van der Waals surface area contributed by atoms with Crippen molar-refractivity contribution >= 4 is 17.7 Å². The Balaban J connectivity index is 1.23. The maximum absolute atomic E-state index is 13.0. The molecule has 2 aliphatic rings. The number of ketones is 1. The van der Waals surface area contributed by atoms with Crippen molar-refractivity contribution in [2.24, 2.45) is 11.8 Å². The molecule has 1 aliphatic carbocycles. The minimum atomic E-state index is -4.53. The van der Waals surface area contributed by atoms with Crippen LogP contribution in [-0.2, 0) is 25.2 Å². The first-order valence-corrected chi connectivity index (χ1v) is 12.7. The standard InChI is InChI=1S/C31H25F3O6/c32-31(33,34)22-7-4-8-24(15-22)38-18-23(35)13-14-25-26-16-29(36)39-28(26)17-27(25)40-30(37)21-11-9-20(10-12-21)19-5-2-1-3-6-19/h1-15,25-28H,16-18H2/b14-13+/t25-,26?,27-,28?/m1/s1. The van der Waals surface area contributed by atoms with Crippen molar-refractivity contribution in [3.63, 3.8) is 0 Å². The summed E-state index contributed by atoms with van der Waals surface area (Å²) in [5, 5.41) is 0. The third-order valence-corrected chi connectivity index (χ3v) is 7.08. The molecular weight excluding hydrogens is 525 g/mol. The zero-order valence-electron chi connectivity index (χ0n) is 21.2. The Morgan fingerprint density at radius 3 is 2.40 bits per heavy atom. The molecule has 3 aromatic carbocycles. The lowest BCUT2D eigenvalue weighted by molar-refractivity contribution is -0.142. The number of halogens is 3. The molecule has 1 heterocycles. The molecule has 40 heavy (non-hydrogen) atoms. The first-order valence-electron chi connectivity index (χ1n) is 12.7. The fourth-order valence-electron chi connectivity index (χ4n) is 5.11. The van der Waals surface area contributed by atoms with Gasteiger partial charge in [-0.2, -0.15) is 13.2 Å². The van der Waals surface area contributed by atoms with Crippen LogP contribution in [0.3, 0.4) is 0 Å². The summed E-state index contributed by atoms with van der Waals surface area (Å²) in [7, 11) is 0. The molecule has 1 aliphatic heterocycles. The van der Waals surface area contributed by atoms with Gasteiger partial charge >= 0.3 is 18.1 Å². The normalized spacial score (nSPS) is 22.1. The summed E-state index contributed by atoms with van der Waals surface area (Å²) in [6.07, 6.45) is -2.34. The number of carbonyl (C=O) groups excluding carboxylic acids is 3. The number of ether oxygens (including phenoxy) is 3. The van der Waals surface area contributed by atoms with Gasteiger partial charge < -0.3 is 14.2 Å². The van der Waals surface area contributed by atoms with E-state index in [-0.39, 0.29) is 24.1 Å². The topological polar surface area (TPSA) is 78.9 Å². The second-order valence-corrected chi connectivity index (χ2v) is 9.74. The quantitative estimate of drug-likeness (QED) is 0.251. The summed E-state index contributed by atoms with van der Waals surface area (Å²) in [5.74, 6) is -2.19. The van der Waals surface area contributed by atoms with Crippen LogP contribution in [-0.4, -0.2) is 36.5 Å². The number of esters is 2. The van der Waals surface area contributed by atoms with Crippen molar-refractivity contribution in [1.82, 2.24) is 0 Å². The zero-order chi connectivity index (χ0) is 28.3. The monoisotopic (exact) mass is 550 g/mol. The molecule has 0 N–H and O–H groups in total. The number of carbonyl (C=O) groups is 3. The molecule has 0 bridgehead atoms. The van der Waals surface area contributed by atoms with Gasteiger partial charge in [0.1, 0.15) is 18.0 Å². The molecule has 2 unspecified atom stereocenters. The van der Waals surface area contributed by atoms with Gasteiger partial charge in [0, 0.05) is 18.3 Å². The molecule has 1 saturated carbocycles. The Bertz CT molecular complexity index is 1410. The second kappa shape index (κ2) is 11.4. The van der Waals surface area contributed by atoms with Crippen LogP contribution >= 0.6 is 0 Å². The molecule has 5 rings (SSSR count). The lowest BCUT2D eigenvalue weighted by Crippen LogP contribution is -2.25. The fraction of sp³-hybridized carbons (Fsp3) is 0.258. The zero-order valence-corrected chi connectivity index (χ0v) is 21.2. The molecule has 0 amide bonds. The number of rotatable bonds is 8. The van der Waals surface area contributed by atoms with E-state index in [4.69, 9.17) is 14.2 Å². The van der Waals surface area contributed by atoms with Gasteiger partial charge in [0.25, 0.3) is 0 Å². The summed E-state index contributed by atoms with van der Waals surface area (Å²) in [5.41, 5.74) is 1.45. The smallest absolute Gasteiger partial charge is 0.416 e. The summed E-state index contributed by atoms with van der Waals surface area (Å²) in [6.45, 7) is -0.480. The first kappa shape index (κ1) is 27.2. The van der Waals surface area contributed by atoms with Gasteiger partial charge in [-0.1, -0.05) is 54.6 Å². The maximum Gasteiger partial charge on any atom is 0.416 e. The Hall–Kier alpha value is -4.40. The van der Waals surface area contributed by atoms with E-state index in [1.165, 1.54) is 18.2 Å². The number of fused-ring (bicyclic) bond motifs is 1. The number of alkyl halides is 3. The molecule has 6 nitrogen and oxygen atoms in total. The van der Waals surface area contributed by atoms with Gasteiger partial charge in [-0.25, -0.2) is 4.79 Å². The van der Waals surface area contributed by atoms with Crippen LogP contribution in [0.5, 0.6) is 5.75 Å². The molecule has 3 aromatic rings. The molecule has 0 spiro atoms. The molecule has 0 radical (unpaired) electrons. The van der Waals surface area contributed by atoms with Crippen LogP contribution < -0.4 is 4.74 Å². The van der Waals surface area contributed by atoms with Crippen molar-refractivity contribution in [3.05, 3.63) is 102 Å². The van der Waals surface area contributed by atoms with E-state index in [1.807, 2.05) is 42.5 Å². The lowest BCUT2D eigenvalue weighted by Gasteiger charge is -2.20. The molecule has 1 saturated heterocycles. The van der Waals surface area contributed by atoms with Crippen LogP contribution in [0.15, 0.2) is 91.0 Å². The number of hydrogen-bond donors (Lipinski definition) is 0. The van der Waals surface area contributed by atoms with E-state index in [2.05, 4.69) is 0 Å². The molecule has 9 heteroatoms. The van der Waals surface area contributed by atoms with Gasteiger partial charge in [-0.15, -0.1) is 0 Å². The SMILES string of the molecule is O=C(/C=C/[C@@H]1C2CC(=O)OC2C[C@H]1OC(=O)c1ccc(-c2ccccc2)cc1)COc1cccc(C(F)(F)F)c1. The van der Waals surface area contributed by atoms with Crippen LogP contribution in [0.1, 0.15) is 28.8 Å². The highest BCUT2D eigenvalue weighted by molar-refractivity contribution is 5.91. The number of hydrogen-bond acceptors (Lipinski definition) is 6. The van der Waals surface area contributed by atoms with Gasteiger partial charge in [-0.3, -0.25) is 9.59 Å². The summed E-state index contributed by atoms with van der Waals surface area (Å²) >= 11 is 0. The summed E-state index contributed by atoms with van der Waals surface area (Å²) in [6, 6.07) is 21.0. The molecule has 2 fully saturated rings. The molecule has 206 valence electrons. The van der Waals surface area contributed by atoms with Crippen LogP contribution in [0.25, 0.3) is 11.1 Å². The lowest BCUT2D eigenvalue weighted by atomic mass is 9.91. The number of benzene rings is 3. The molecule has 4 atom stereocenters. The minimum Gasteiger partial charge on any atom is -0.485 e. The molecule has 0 aromatic heterocycles. The van der Waals surface area contributed by atoms with Crippen molar-refractivity contribution in [3.8, 4) is 16.9 Å². The van der Waals surface area contributed by atoms with Crippen molar-refractivity contribution in [2.45, 2.75) is 31.2 Å². The Morgan fingerprint density at radius 1 is 0.950 bits per heavy atom. The summed E-state index contributed by atoms with van der Waals surface area (Å²) < 4.78 is 55.2. The average molecular weight is 551 g/mol. The van der Waals surface area contributed by atoms with Crippen molar-refractivity contribution in [2.75, 3.05) is 6.61 Å². The van der Waals surface area contributed by atoms with Crippen molar-refractivity contribution in [1.29, 1.82) is 0 Å². The predicted octanol–water partition coefficient (Wildman–Crippen LogP) is 6.05. The highest BCUT2D eigenvalue weighted by atomic mass is 19.4.